The number of thiophene rings is 1. The number of amides is 3. The van der Waals surface area contributed by atoms with E-state index in [4.69, 9.17) is 4.74 Å². The Morgan fingerprint density at radius 2 is 1.93 bits per heavy atom. The van der Waals surface area contributed by atoms with E-state index >= 15 is 0 Å². The summed E-state index contributed by atoms with van der Waals surface area (Å²) in [5.74, 6) is -0.586. The van der Waals surface area contributed by atoms with Gasteiger partial charge in [-0.2, -0.15) is 0 Å². The van der Waals surface area contributed by atoms with Crippen molar-refractivity contribution in [2.24, 2.45) is 0 Å². The SMILES string of the molecule is CCCNC(=O)NC(=O)COC(=O)CSc1nc(C)nc2sc(C)c(C)c12. The fourth-order valence-corrected chi connectivity index (χ4v) is 4.25. The Labute approximate surface area is 165 Å². The van der Waals surface area contributed by atoms with Gasteiger partial charge in [-0.15, -0.1) is 11.3 Å². The van der Waals surface area contributed by atoms with Crippen LogP contribution >= 0.6 is 23.1 Å². The summed E-state index contributed by atoms with van der Waals surface area (Å²) in [7, 11) is 0. The molecule has 2 N–H and O–H groups in total. The molecule has 0 bridgehead atoms. The Morgan fingerprint density at radius 3 is 2.63 bits per heavy atom. The van der Waals surface area contributed by atoms with Crippen LogP contribution in [0.2, 0.25) is 0 Å². The summed E-state index contributed by atoms with van der Waals surface area (Å²) in [5, 5.41) is 6.26. The van der Waals surface area contributed by atoms with Crippen LogP contribution in [-0.2, 0) is 14.3 Å². The van der Waals surface area contributed by atoms with Gasteiger partial charge in [0.15, 0.2) is 6.61 Å². The molecule has 0 aliphatic rings. The summed E-state index contributed by atoms with van der Waals surface area (Å²) in [4.78, 5) is 45.8. The van der Waals surface area contributed by atoms with Crippen LogP contribution in [-0.4, -0.2) is 46.8 Å². The highest BCUT2D eigenvalue weighted by Crippen LogP contribution is 2.35. The summed E-state index contributed by atoms with van der Waals surface area (Å²) in [6.45, 7) is 7.68. The predicted octanol–water partition coefficient (Wildman–Crippen LogP) is 2.49. The quantitative estimate of drug-likeness (QED) is 0.410. The van der Waals surface area contributed by atoms with Crippen LogP contribution in [0.1, 0.15) is 29.6 Å². The first-order chi connectivity index (χ1) is 12.8. The molecule has 0 radical (unpaired) electrons. The minimum Gasteiger partial charge on any atom is -0.455 e. The van der Waals surface area contributed by atoms with E-state index in [0.29, 0.717) is 12.4 Å². The lowest BCUT2D eigenvalue weighted by Gasteiger charge is -2.07. The molecule has 0 saturated carbocycles. The van der Waals surface area contributed by atoms with Gasteiger partial charge in [-0.1, -0.05) is 18.7 Å². The van der Waals surface area contributed by atoms with Gasteiger partial charge >= 0.3 is 12.0 Å². The number of carbonyl (C=O) groups excluding carboxylic acids is 3. The molecule has 0 aliphatic heterocycles. The molecule has 8 nitrogen and oxygen atoms in total. The fraction of sp³-hybridized carbons (Fsp3) is 0.471. The van der Waals surface area contributed by atoms with Crippen LogP contribution in [0.3, 0.4) is 0 Å². The Hall–Kier alpha value is -2.20. The highest BCUT2D eigenvalue weighted by atomic mass is 32.2. The lowest BCUT2D eigenvalue weighted by Crippen LogP contribution is -2.41. The molecule has 0 aliphatic carbocycles. The third kappa shape index (κ3) is 5.90. The average Bonchev–Trinajstić information content (AvgIpc) is 2.89. The van der Waals surface area contributed by atoms with E-state index in [1.165, 1.54) is 11.8 Å². The van der Waals surface area contributed by atoms with Gasteiger partial charge in [0.1, 0.15) is 15.7 Å². The Bertz CT molecular complexity index is 866. The summed E-state index contributed by atoms with van der Waals surface area (Å²) >= 11 is 2.84. The largest absolute Gasteiger partial charge is 0.455 e. The molecule has 0 spiro atoms. The number of hydrogen-bond acceptors (Lipinski definition) is 8. The van der Waals surface area contributed by atoms with Gasteiger partial charge in [-0.3, -0.25) is 14.9 Å². The average molecular weight is 411 g/mol. The number of thioether (sulfide) groups is 1. The smallest absolute Gasteiger partial charge is 0.321 e. The lowest BCUT2D eigenvalue weighted by molar-refractivity contribution is -0.145. The van der Waals surface area contributed by atoms with Gasteiger partial charge in [0.2, 0.25) is 0 Å². The number of aryl methyl sites for hydroxylation is 3. The van der Waals surface area contributed by atoms with Crippen molar-refractivity contribution in [1.29, 1.82) is 0 Å². The molecule has 2 rings (SSSR count). The second-order valence-corrected chi connectivity index (χ2v) is 7.96. The number of carbonyl (C=O) groups is 3. The van der Waals surface area contributed by atoms with Crippen molar-refractivity contribution in [2.45, 2.75) is 39.1 Å². The number of rotatable bonds is 7. The molecule has 2 aromatic heterocycles. The van der Waals surface area contributed by atoms with Crippen molar-refractivity contribution >= 4 is 51.2 Å². The molecule has 0 saturated heterocycles. The van der Waals surface area contributed by atoms with E-state index < -0.39 is 24.5 Å². The molecule has 0 fully saturated rings. The third-order valence-corrected chi connectivity index (χ3v) is 5.64. The van der Waals surface area contributed by atoms with Crippen molar-refractivity contribution in [3.63, 3.8) is 0 Å². The van der Waals surface area contributed by atoms with Gasteiger partial charge in [-0.25, -0.2) is 14.8 Å². The minimum atomic E-state index is -0.675. The van der Waals surface area contributed by atoms with Crippen LogP contribution in [0, 0.1) is 20.8 Å². The molecule has 27 heavy (non-hydrogen) atoms. The molecule has 2 aromatic rings. The highest BCUT2D eigenvalue weighted by molar-refractivity contribution is 8.00. The summed E-state index contributed by atoms with van der Waals surface area (Å²) in [5.41, 5.74) is 1.10. The molecule has 146 valence electrons. The molecule has 0 aromatic carbocycles. The molecule has 2 heterocycles. The van der Waals surface area contributed by atoms with Crippen LogP contribution in [0.15, 0.2) is 5.03 Å². The number of urea groups is 1. The third-order valence-electron chi connectivity index (χ3n) is 3.59. The number of esters is 1. The van der Waals surface area contributed by atoms with Crippen molar-refractivity contribution in [3.8, 4) is 0 Å². The van der Waals surface area contributed by atoms with Crippen molar-refractivity contribution in [3.05, 3.63) is 16.3 Å². The number of ether oxygens (including phenoxy) is 1. The first kappa shape index (κ1) is 21.1. The molecule has 0 atom stereocenters. The number of hydrogen-bond donors (Lipinski definition) is 2. The standard InChI is InChI=1S/C17H22N4O4S2/c1-5-6-18-17(24)21-12(22)7-25-13(23)8-26-15-14-9(2)10(3)27-16(14)20-11(4)19-15/h5-8H2,1-4H3,(H2,18,21,22,24). The zero-order valence-electron chi connectivity index (χ0n) is 15.7. The first-order valence-electron chi connectivity index (χ1n) is 8.42. The maximum Gasteiger partial charge on any atom is 0.321 e. The summed E-state index contributed by atoms with van der Waals surface area (Å²) < 4.78 is 4.92. The predicted molar refractivity (Wildman–Crippen MR) is 105 cm³/mol. The number of imide groups is 1. The van der Waals surface area contributed by atoms with E-state index in [1.807, 2.05) is 20.8 Å². The van der Waals surface area contributed by atoms with Gasteiger partial charge < -0.3 is 10.1 Å². The number of fused-ring (bicyclic) bond motifs is 1. The maximum absolute atomic E-state index is 11.9. The van der Waals surface area contributed by atoms with Crippen LogP contribution < -0.4 is 10.6 Å². The monoisotopic (exact) mass is 410 g/mol. The molecular weight excluding hydrogens is 388 g/mol. The van der Waals surface area contributed by atoms with Gasteiger partial charge in [0, 0.05) is 16.8 Å². The van der Waals surface area contributed by atoms with Crippen LogP contribution in [0.5, 0.6) is 0 Å². The Balaban J connectivity index is 1.88. The molecule has 0 unspecified atom stereocenters. The van der Waals surface area contributed by atoms with Gasteiger partial charge in [0.25, 0.3) is 5.91 Å². The summed E-state index contributed by atoms with van der Waals surface area (Å²) in [6.07, 6.45) is 0.757. The zero-order chi connectivity index (χ0) is 20.0. The number of nitrogens with zero attached hydrogens (tertiary/aromatic N) is 2. The second kappa shape index (κ2) is 9.65. The van der Waals surface area contributed by atoms with Crippen LogP contribution in [0.25, 0.3) is 10.2 Å². The fourth-order valence-electron chi connectivity index (χ4n) is 2.18. The lowest BCUT2D eigenvalue weighted by atomic mass is 10.2. The van der Waals surface area contributed by atoms with E-state index in [9.17, 15) is 14.4 Å². The van der Waals surface area contributed by atoms with Crippen molar-refractivity contribution in [1.82, 2.24) is 20.6 Å². The van der Waals surface area contributed by atoms with Gasteiger partial charge in [0.05, 0.1) is 5.75 Å². The Morgan fingerprint density at radius 1 is 1.19 bits per heavy atom. The highest BCUT2D eigenvalue weighted by Gasteiger charge is 2.16. The van der Waals surface area contributed by atoms with Crippen molar-refractivity contribution in [2.75, 3.05) is 18.9 Å². The number of aromatic nitrogens is 2. The normalized spacial score (nSPS) is 10.7. The van der Waals surface area contributed by atoms with E-state index in [2.05, 4.69) is 20.6 Å². The first-order valence-corrected chi connectivity index (χ1v) is 10.2. The van der Waals surface area contributed by atoms with Crippen LogP contribution in [0.4, 0.5) is 4.79 Å². The zero-order valence-corrected chi connectivity index (χ0v) is 17.3. The number of nitrogens with one attached hydrogen (secondary N) is 2. The minimum absolute atomic E-state index is 0.00913. The van der Waals surface area contributed by atoms with Crippen molar-refractivity contribution < 1.29 is 19.1 Å². The molecule has 3 amide bonds. The van der Waals surface area contributed by atoms with E-state index in [0.717, 1.165) is 32.1 Å². The topological polar surface area (TPSA) is 110 Å². The van der Waals surface area contributed by atoms with E-state index in [1.54, 1.807) is 18.3 Å². The maximum atomic E-state index is 11.9. The molecular formula is C17H22N4O4S2. The van der Waals surface area contributed by atoms with E-state index in [-0.39, 0.29) is 5.75 Å². The Kier molecular flexibility index (Phi) is 7.55. The summed E-state index contributed by atoms with van der Waals surface area (Å²) in [6, 6.07) is -0.602. The molecule has 10 heteroatoms. The second-order valence-electron chi connectivity index (χ2n) is 5.79. The van der Waals surface area contributed by atoms with Gasteiger partial charge in [-0.05, 0) is 32.8 Å².